The number of rotatable bonds is 28. The van der Waals surface area contributed by atoms with Gasteiger partial charge in [0.25, 0.3) is 0 Å². The zero-order valence-corrected chi connectivity index (χ0v) is 35.0. The second-order valence-corrected chi connectivity index (χ2v) is 31.5. The van der Waals surface area contributed by atoms with Crippen LogP contribution >= 0.6 is 0 Å². The van der Waals surface area contributed by atoms with Crippen LogP contribution in [0, 0.1) is 17.8 Å². The van der Waals surface area contributed by atoms with Gasteiger partial charge in [-0.2, -0.15) is 0 Å². The van der Waals surface area contributed by atoms with Crippen molar-refractivity contribution >= 4 is 74.8 Å². The first-order valence-electron chi connectivity index (χ1n) is 17.3. The van der Waals surface area contributed by atoms with E-state index in [4.69, 9.17) is 12.3 Å². The molecule has 0 saturated heterocycles. The van der Waals surface area contributed by atoms with Gasteiger partial charge in [-0.25, -0.2) is 0 Å². The molecular weight excluding hydrogens is 773 g/mol. The minimum Gasteiger partial charge on any atom is -0.481 e. The van der Waals surface area contributed by atoms with Gasteiger partial charge in [0.1, 0.15) is 0 Å². The average molecular weight is 837 g/mol. The first-order chi connectivity index (χ1) is 23.8. The normalized spacial score (nSPS) is 12.2. The Labute approximate surface area is 323 Å². The fraction of sp³-hybridized carbons (Fsp3) is 0.657. The number of carbonyl (C=O) groups is 6. The van der Waals surface area contributed by atoms with Crippen molar-refractivity contribution in [2.24, 2.45) is 17.8 Å². The van der Waals surface area contributed by atoms with Crippen molar-refractivity contribution in [3.63, 3.8) is 0 Å². The molecule has 0 bridgehead atoms. The zero-order chi connectivity index (χ0) is 39.9. The van der Waals surface area contributed by atoms with Crippen molar-refractivity contribution in [1.82, 2.24) is 0 Å². The molecule has 0 spiro atoms. The van der Waals surface area contributed by atoms with E-state index in [-0.39, 0.29) is 72.6 Å². The molecule has 1 rings (SSSR count). The third-order valence-corrected chi connectivity index (χ3v) is 24.0. The summed E-state index contributed by atoms with van der Waals surface area (Å²) in [5, 5.41) is 57.2. The highest BCUT2D eigenvalue weighted by atomic mass is 28.5. The summed E-state index contributed by atoms with van der Waals surface area (Å²) in [5.41, 5.74) is 0. The first-order valence-corrected chi connectivity index (χ1v) is 28.4. The topological polar surface area (TPSA) is 251 Å². The molecule has 6 N–H and O–H groups in total. The van der Waals surface area contributed by atoms with Crippen molar-refractivity contribution in [3.05, 3.63) is 30.3 Å². The molecule has 1 aromatic carbocycles. The molecule has 0 aliphatic rings. The van der Waals surface area contributed by atoms with Crippen LogP contribution in [0.2, 0.25) is 57.4 Å². The number of aliphatic carboxylic acids is 6. The standard InChI is InChI=1S/C33H56O15Si4.2CH4/c1-49(2,15-12-24(18-28(34)35)19-29(36)37)46-52(27-10-8-7-9-11-27,47-50(3,4)16-13-25(20-30(38)39)21-31(40)41)48-51(5,6)17-14-26(22-32(42)43)23-33(44)45;;/h7-11,24-26H,12-23H2,1-6H3,(H,34,35)(H,36,37)(H,38,39)(H,40,41)(H,42,43)(H,44,45);2*1H4. The van der Waals surface area contributed by atoms with E-state index < -0.39 is 87.3 Å². The van der Waals surface area contributed by atoms with Gasteiger partial charge in [-0.1, -0.05) is 45.2 Å². The van der Waals surface area contributed by atoms with Gasteiger partial charge >= 0.3 is 44.6 Å². The van der Waals surface area contributed by atoms with E-state index in [9.17, 15) is 59.4 Å². The Morgan fingerprint density at radius 2 is 0.685 bits per heavy atom. The number of hydrogen-bond acceptors (Lipinski definition) is 9. The predicted molar refractivity (Wildman–Crippen MR) is 213 cm³/mol. The number of hydrogen-bond donors (Lipinski definition) is 6. The zero-order valence-electron chi connectivity index (χ0n) is 31.0. The highest BCUT2D eigenvalue weighted by Gasteiger charge is 2.54. The molecular formula is C35H64O15Si4. The van der Waals surface area contributed by atoms with Gasteiger partial charge < -0.3 is 43.0 Å². The van der Waals surface area contributed by atoms with E-state index in [1.165, 1.54) is 0 Å². The molecule has 0 saturated carbocycles. The number of carboxylic acid groups (broad SMARTS) is 6. The molecule has 54 heavy (non-hydrogen) atoms. The van der Waals surface area contributed by atoms with E-state index in [0.29, 0.717) is 23.3 Å². The average Bonchev–Trinajstić information content (AvgIpc) is 2.96. The van der Waals surface area contributed by atoms with Gasteiger partial charge in [-0.05, 0) is 94.4 Å². The van der Waals surface area contributed by atoms with Gasteiger partial charge in [0.05, 0.1) is 0 Å². The fourth-order valence-electron chi connectivity index (χ4n) is 6.09. The second kappa shape index (κ2) is 23.6. The lowest BCUT2D eigenvalue weighted by Crippen LogP contribution is -2.68. The number of benzene rings is 1. The summed E-state index contributed by atoms with van der Waals surface area (Å²) in [4.78, 5) is 69.2. The Morgan fingerprint density at radius 3 is 0.889 bits per heavy atom. The van der Waals surface area contributed by atoms with Crippen molar-refractivity contribution in [2.75, 3.05) is 0 Å². The van der Waals surface area contributed by atoms with Gasteiger partial charge in [0, 0.05) is 43.7 Å². The van der Waals surface area contributed by atoms with Crippen LogP contribution in [-0.2, 0) is 41.1 Å². The van der Waals surface area contributed by atoms with E-state index in [1.54, 1.807) is 12.1 Å². The largest absolute Gasteiger partial charge is 0.505 e. The Balaban J connectivity index is 0. The first kappa shape index (κ1) is 52.9. The summed E-state index contributed by atoms with van der Waals surface area (Å²) in [6.07, 6.45) is -1.18. The molecule has 0 aromatic heterocycles. The Bertz CT molecular complexity index is 1190. The molecule has 0 unspecified atom stereocenters. The van der Waals surface area contributed by atoms with E-state index in [2.05, 4.69) is 0 Å². The molecule has 0 amide bonds. The summed E-state index contributed by atoms with van der Waals surface area (Å²) in [7, 11) is -12.7. The molecule has 0 atom stereocenters. The highest BCUT2D eigenvalue weighted by Crippen LogP contribution is 2.34. The minimum atomic E-state index is -4.00. The van der Waals surface area contributed by atoms with Crippen molar-refractivity contribution in [1.29, 1.82) is 0 Å². The quantitative estimate of drug-likeness (QED) is 0.0484. The summed E-state index contributed by atoms with van der Waals surface area (Å²) in [5.74, 6) is -8.59. The summed E-state index contributed by atoms with van der Waals surface area (Å²) < 4.78 is 21.4. The third kappa shape index (κ3) is 22.2. The Hall–Kier alpha value is -3.21. The number of carboxylic acids is 6. The van der Waals surface area contributed by atoms with Crippen molar-refractivity contribution < 1.29 is 71.8 Å². The van der Waals surface area contributed by atoms with Crippen LogP contribution in [-0.4, -0.2) is 100 Å². The summed E-state index contributed by atoms with van der Waals surface area (Å²) >= 11 is 0. The Kier molecular flexibility index (Phi) is 23.2. The maximum atomic E-state index is 11.5. The predicted octanol–water partition coefficient (Wildman–Crippen LogP) is 6.64. The van der Waals surface area contributed by atoms with Gasteiger partial charge in [0.2, 0.25) is 0 Å². The van der Waals surface area contributed by atoms with E-state index >= 15 is 0 Å². The molecule has 1 aromatic rings. The monoisotopic (exact) mass is 836 g/mol. The molecule has 310 valence electrons. The maximum Gasteiger partial charge on any atom is 0.505 e. The van der Waals surface area contributed by atoms with Crippen LogP contribution in [0.15, 0.2) is 30.3 Å². The summed E-state index contributed by atoms with van der Waals surface area (Å²) in [6, 6.07) is 10.2. The smallest absolute Gasteiger partial charge is 0.481 e. The lowest BCUT2D eigenvalue weighted by atomic mass is 9.99. The Morgan fingerprint density at radius 1 is 0.463 bits per heavy atom. The van der Waals surface area contributed by atoms with E-state index in [1.807, 2.05) is 57.5 Å². The molecule has 15 nitrogen and oxygen atoms in total. The molecule has 19 heteroatoms. The molecule has 0 aliphatic carbocycles. The van der Waals surface area contributed by atoms with Crippen molar-refractivity contribution in [3.8, 4) is 0 Å². The van der Waals surface area contributed by atoms with E-state index in [0.717, 1.165) is 0 Å². The van der Waals surface area contributed by atoms with Crippen LogP contribution in [0.4, 0.5) is 0 Å². The lowest BCUT2D eigenvalue weighted by molar-refractivity contribution is -0.142. The second-order valence-electron chi connectivity index (χ2n) is 15.3. The van der Waals surface area contributed by atoms with Crippen LogP contribution in [0.5, 0.6) is 0 Å². The third-order valence-electron chi connectivity index (χ3n) is 8.60. The van der Waals surface area contributed by atoms with Crippen molar-refractivity contribution in [2.45, 2.75) is 130 Å². The SMILES string of the molecule is C.C.C[Si](C)(CCC(CC(=O)O)CC(=O)O)O[Si](O[Si](C)(C)CCC(CC(=O)O)CC(=O)O)(O[Si](C)(C)CCC(CC(=O)O)CC(=O)O)c1ccccc1. The molecule has 0 heterocycles. The summed E-state index contributed by atoms with van der Waals surface area (Å²) in [6.45, 7) is 11.5. The van der Waals surface area contributed by atoms with Crippen LogP contribution < -0.4 is 5.19 Å². The van der Waals surface area contributed by atoms with Gasteiger partial charge in [-0.3, -0.25) is 28.8 Å². The van der Waals surface area contributed by atoms with Gasteiger partial charge in [-0.15, -0.1) is 0 Å². The minimum absolute atomic E-state index is 0. The van der Waals surface area contributed by atoms with Crippen LogP contribution in [0.25, 0.3) is 0 Å². The van der Waals surface area contributed by atoms with Gasteiger partial charge in [0.15, 0.2) is 25.0 Å². The van der Waals surface area contributed by atoms with Crippen LogP contribution in [0.1, 0.15) is 72.6 Å². The van der Waals surface area contributed by atoms with Crippen LogP contribution in [0.3, 0.4) is 0 Å². The molecule has 0 radical (unpaired) electrons. The fourth-order valence-corrected chi connectivity index (χ4v) is 23.0. The molecule has 0 fully saturated rings. The molecule has 0 aliphatic heterocycles. The highest BCUT2D eigenvalue weighted by molar-refractivity contribution is 6.96. The maximum absolute atomic E-state index is 11.5. The lowest BCUT2D eigenvalue weighted by Gasteiger charge is -2.45.